The van der Waals surface area contributed by atoms with Gasteiger partial charge in [-0.1, -0.05) is 13.3 Å². The number of unbranched alkanes of at least 4 members (excludes halogenated alkanes) is 1. The van der Waals surface area contributed by atoms with Crippen molar-refractivity contribution in [2.24, 2.45) is 0 Å². The van der Waals surface area contributed by atoms with E-state index < -0.39 is 0 Å². The predicted molar refractivity (Wildman–Crippen MR) is 87.3 cm³/mol. The number of H-pyrrole nitrogens is 3. The van der Waals surface area contributed by atoms with Gasteiger partial charge in [0.2, 0.25) is 0 Å². The number of nitrogens with zero attached hydrogens (tertiary/aromatic N) is 2. The minimum atomic E-state index is -0.0725. The van der Waals surface area contributed by atoms with Gasteiger partial charge >= 0.3 is 0 Å². The molecule has 2 aromatic heterocycles. The zero-order chi connectivity index (χ0) is 15.5. The molecule has 22 heavy (non-hydrogen) atoms. The molecule has 1 aliphatic rings. The van der Waals surface area contributed by atoms with Gasteiger partial charge < -0.3 is 9.97 Å². The highest BCUT2D eigenvalue weighted by molar-refractivity contribution is 7.71. The molecule has 0 atom stereocenters. The monoisotopic (exact) mass is 319 g/mol. The summed E-state index contributed by atoms with van der Waals surface area (Å²) in [5.41, 5.74) is 2.80. The van der Waals surface area contributed by atoms with Crippen molar-refractivity contribution < 1.29 is 0 Å². The van der Waals surface area contributed by atoms with Gasteiger partial charge in [-0.05, 0) is 18.6 Å². The van der Waals surface area contributed by atoms with E-state index in [0.717, 1.165) is 55.1 Å². The summed E-state index contributed by atoms with van der Waals surface area (Å²) in [5.74, 6) is 1.05. The topological polar surface area (TPSA) is 80.6 Å². The molecular weight excluding hydrogens is 298 g/mol. The Kier molecular flexibility index (Phi) is 4.54. The van der Waals surface area contributed by atoms with Crippen LogP contribution in [0.2, 0.25) is 0 Å². The van der Waals surface area contributed by atoms with Gasteiger partial charge in [-0.3, -0.25) is 14.7 Å². The van der Waals surface area contributed by atoms with Crippen molar-refractivity contribution in [2.45, 2.75) is 45.7 Å². The summed E-state index contributed by atoms with van der Waals surface area (Å²) in [6.07, 6.45) is 6.04. The van der Waals surface area contributed by atoms with Crippen LogP contribution < -0.4 is 5.56 Å². The molecule has 2 aromatic rings. The van der Waals surface area contributed by atoms with Gasteiger partial charge in [0, 0.05) is 50.1 Å². The van der Waals surface area contributed by atoms with E-state index in [2.05, 4.69) is 31.8 Å². The summed E-state index contributed by atoms with van der Waals surface area (Å²) in [5, 5.41) is 0. The predicted octanol–water partition coefficient (Wildman–Crippen LogP) is 2.06. The number of aromatic nitrogens is 4. The van der Waals surface area contributed by atoms with E-state index >= 15 is 0 Å². The molecule has 0 unspecified atom stereocenters. The van der Waals surface area contributed by atoms with E-state index in [-0.39, 0.29) is 5.56 Å². The zero-order valence-corrected chi connectivity index (χ0v) is 13.6. The minimum absolute atomic E-state index is 0.0725. The third-order valence-corrected chi connectivity index (χ3v) is 4.24. The maximum atomic E-state index is 12.0. The van der Waals surface area contributed by atoms with E-state index in [1.54, 1.807) is 0 Å². The Morgan fingerprint density at radius 1 is 1.36 bits per heavy atom. The van der Waals surface area contributed by atoms with Crippen LogP contribution in [-0.4, -0.2) is 31.4 Å². The van der Waals surface area contributed by atoms with E-state index in [1.165, 1.54) is 6.42 Å². The second-order valence-electron chi connectivity index (χ2n) is 5.78. The highest BCUT2D eigenvalue weighted by Crippen LogP contribution is 2.15. The lowest BCUT2D eigenvalue weighted by Gasteiger charge is -2.27. The highest BCUT2D eigenvalue weighted by Gasteiger charge is 2.20. The molecule has 0 spiro atoms. The number of aromatic amines is 3. The molecule has 118 valence electrons. The molecular formula is C15H21N5OS. The highest BCUT2D eigenvalue weighted by atomic mass is 32.1. The number of hydrogen-bond acceptors (Lipinski definition) is 4. The summed E-state index contributed by atoms with van der Waals surface area (Å²) in [4.78, 5) is 27.8. The van der Waals surface area contributed by atoms with E-state index in [9.17, 15) is 4.79 Å². The van der Waals surface area contributed by atoms with Crippen LogP contribution in [0.4, 0.5) is 0 Å². The Hall–Kier alpha value is -1.73. The van der Waals surface area contributed by atoms with Crippen molar-refractivity contribution in [3.05, 3.63) is 44.1 Å². The lowest BCUT2D eigenvalue weighted by atomic mass is 10.1. The molecule has 0 saturated carbocycles. The van der Waals surface area contributed by atoms with Crippen LogP contribution in [0.1, 0.15) is 42.5 Å². The van der Waals surface area contributed by atoms with Crippen molar-refractivity contribution >= 4 is 12.2 Å². The number of fused-ring (bicyclic) bond motifs is 1. The quantitative estimate of drug-likeness (QED) is 0.737. The van der Waals surface area contributed by atoms with Crippen LogP contribution in [-0.2, 0) is 25.9 Å². The molecule has 0 aromatic carbocycles. The maximum absolute atomic E-state index is 12.0. The van der Waals surface area contributed by atoms with Gasteiger partial charge in [-0.2, -0.15) is 0 Å². The molecule has 0 saturated heterocycles. The molecule has 7 heteroatoms. The molecule has 0 bridgehead atoms. The van der Waals surface area contributed by atoms with Crippen LogP contribution in [0.15, 0.2) is 11.0 Å². The summed E-state index contributed by atoms with van der Waals surface area (Å²) < 4.78 is 0.409. The third kappa shape index (κ3) is 3.36. The average molecular weight is 319 g/mol. The molecule has 0 aliphatic carbocycles. The SMILES string of the molecule is CCCCc1ncc(CN2CCc3[nH]c(=S)[nH]c(=O)c3C2)[nH]1. The van der Waals surface area contributed by atoms with Gasteiger partial charge in [-0.25, -0.2) is 4.98 Å². The number of rotatable bonds is 5. The van der Waals surface area contributed by atoms with Gasteiger partial charge in [0.15, 0.2) is 4.77 Å². The number of imidazole rings is 1. The number of aryl methyl sites for hydroxylation is 1. The first kappa shape index (κ1) is 15.2. The third-order valence-electron chi connectivity index (χ3n) is 4.03. The zero-order valence-electron chi connectivity index (χ0n) is 12.7. The van der Waals surface area contributed by atoms with E-state index in [1.807, 2.05) is 6.20 Å². The minimum Gasteiger partial charge on any atom is -0.345 e. The van der Waals surface area contributed by atoms with Crippen LogP contribution in [0.3, 0.4) is 0 Å². The fourth-order valence-electron chi connectivity index (χ4n) is 2.85. The summed E-state index contributed by atoms with van der Waals surface area (Å²) in [7, 11) is 0. The Bertz CT molecular complexity index is 760. The first-order chi connectivity index (χ1) is 10.7. The summed E-state index contributed by atoms with van der Waals surface area (Å²) in [6.45, 7) is 4.51. The van der Waals surface area contributed by atoms with Crippen molar-refractivity contribution in [2.75, 3.05) is 6.54 Å². The Labute approximate surface area is 134 Å². The smallest absolute Gasteiger partial charge is 0.256 e. The van der Waals surface area contributed by atoms with Crippen LogP contribution >= 0.6 is 12.2 Å². The molecule has 0 fully saturated rings. The van der Waals surface area contributed by atoms with E-state index in [4.69, 9.17) is 12.2 Å². The second-order valence-corrected chi connectivity index (χ2v) is 6.19. The average Bonchev–Trinajstić information content (AvgIpc) is 2.93. The summed E-state index contributed by atoms with van der Waals surface area (Å²) in [6, 6.07) is 0. The van der Waals surface area contributed by atoms with Gasteiger partial charge in [0.25, 0.3) is 5.56 Å². The molecule has 1 aliphatic heterocycles. The normalized spacial score (nSPS) is 15.0. The molecule has 0 radical (unpaired) electrons. The standard InChI is InChI=1S/C15H21N5OS/c1-2-3-4-13-16-7-10(17-13)8-20-6-5-12-11(9-20)14(21)19-15(22)18-12/h7H,2-6,8-9H2,1H3,(H,16,17)(H2,18,19,21,22). The molecule has 3 heterocycles. The lowest BCUT2D eigenvalue weighted by Crippen LogP contribution is -2.35. The first-order valence-corrected chi connectivity index (χ1v) is 8.16. The van der Waals surface area contributed by atoms with Gasteiger partial charge in [-0.15, -0.1) is 0 Å². The fraction of sp³-hybridized carbons (Fsp3) is 0.533. The Morgan fingerprint density at radius 2 is 2.23 bits per heavy atom. The van der Waals surface area contributed by atoms with Crippen molar-refractivity contribution in [3.8, 4) is 0 Å². The number of nitrogens with one attached hydrogen (secondary N) is 3. The first-order valence-electron chi connectivity index (χ1n) is 7.75. The molecule has 0 amide bonds. The maximum Gasteiger partial charge on any atom is 0.256 e. The lowest BCUT2D eigenvalue weighted by molar-refractivity contribution is 0.239. The molecule has 3 N–H and O–H groups in total. The largest absolute Gasteiger partial charge is 0.345 e. The second kappa shape index (κ2) is 6.58. The van der Waals surface area contributed by atoms with Gasteiger partial charge in [0.1, 0.15) is 5.82 Å². The van der Waals surface area contributed by atoms with Crippen molar-refractivity contribution in [3.63, 3.8) is 0 Å². The fourth-order valence-corrected chi connectivity index (χ4v) is 3.06. The van der Waals surface area contributed by atoms with Crippen LogP contribution in [0, 0.1) is 4.77 Å². The summed E-state index contributed by atoms with van der Waals surface area (Å²) >= 11 is 5.02. The van der Waals surface area contributed by atoms with E-state index in [0.29, 0.717) is 11.3 Å². The Morgan fingerprint density at radius 3 is 3.05 bits per heavy atom. The Balaban J connectivity index is 1.69. The number of hydrogen-bond donors (Lipinski definition) is 3. The van der Waals surface area contributed by atoms with Gasteiger partial charge in [0.05, 0.1) is 5.56 Å². The molecule has 6 nitrogen and oxygen atoms in total. The van der Waals surface area contributed by atoms with Crippen molar-refractivity contribution in [1.29, 1.82) is 0 Å². The van der Waals surface area contributed by atoms with Crippen LogP contribution in [0.5, 0.6) is 0 Å². The van der Waals surface area contributed by atoms with Crippen LogP contribution in [0.25, 0.3) is 0 Å². The van der Waals surface area contributed by atoms with Crippen molar-refractivity contribution in [1.82, 2.24) is 24.8 Å². The molecule has 3 rings (SSSR count).